The normalized spacial score (nSPS) is 9.87. The Hall–Kier alpha value is -1.89. The minimum atomic E-state index is -0.174. The van der Waals surface area contributed by atoms with Crippen LogP contribution in [-0.4, -0.2) is 26.1 Å². The van der Waals surface area contributed by atoms with Crippen LogP contribution in [0, 0.1) is 0 Å². The molecule has 0 fully saturated rings. The third kappa shape index (κ3) is 2.78. The zero-order valence-electron chi connectivity index (χ0n) is 7.62. The number of amides is 1. The maximum atomic E-state index is 11.4. The topological polar surface area (TPSA) is 80.7 Å². The van der Waals surface area contributed by atoms with Crippen LogP contribution in [0.2, 0.25) is 0 Å². The Bertz CT molecular complexity index is 430. The van der Waals surface area contributed by atoms with Gasteiger partial charge in [0.2, 0.25) is 11.0 Å². The van der Waals surface area contributed by atoms with E-state index in [1.54, 1.807) is 24.1 Å². The highest BCUT2D eigenvalue weighted by Gasteiger charge is 2.06. The monoisotopic (exact) mass is 221 g/mol. The number of aromatic nitrogens is 4. The molecule has 15 heavy (non-hydrogen) atoms. The van der Waals surface area contributed by atoms with Crippen LogP contribution in [0.25, 0.3) is 0 Å². The van der Waals surface area contributed by atoms with Crippen LogP contribution in [0.1, 0.15) is 5.69 Å². The number of nitrogens with zero attached hydrogens (tertiary/aromatic N) is 4. The van der Waals surface area contributed by atoms with Crippen LogP contribution in [0.15, 0.2) is 24.1 Å². The highest BCUT2D eigenvalue weighted by atomic mass is 32.1. The first-order chi connectivity index (χ1) is 7.34. The van der Waals surface area contributed by atoms with E-state index in [1.807, 2.05) is 0 Å². The molecule has 6 nitrogen and oxygen atoms in total. The first-order valence-corrected chi connectivity index (χ1v) is 5.03. The fourth-order valence-electron chi connectivity index (χ4n) is 0.977. The average molecular weight is 221 g/mol. The van der Waals surface area contributed by atoms with Gasteiger partial charge in [0.05, 0.1) is 12.1 Å². The molecular weight excluding hydrogens is 214 g/mol. The van der Waals surface area contributed by atoms with E-state index < -0.39 is 0 Å². The number of hydrogen-bond donors (Lipinski definition) is 1. The van der Waals surface area contributed by atoms with Crippen LogP contribution >= 0.6 is 11.3 Å². The van der Waals surface area contributed by atoms with Gasteiger partial charge in [-0.05, 0) is 0 Å². The Morgan fingerprint density at radius 1 is 1.47 bits per heavy atom. The molecule has 76 valence electrons. The lowest BCUT2D eigenvalue weighted by Crippen LogP contribution is -2.15. The van der Waals surface area contributed by atoms with Gasteiger partial charge in [0, 0.05) is 18.6 Å². The number of carbonyl (C=O) groups excluding carboxylic acids is 1. The summed E-state index contributed by atoms with van der Waals surface area (Å²) < 4.78 is 0. The van der Waals surface area contributed by atoms with E-state index in [1.165, 1.54) is 11.3 Å². The van der Waals surface area contributed by atoms with E-state index in [9.17, 15) is 4.79 Å². The maximum absolute atomic E-state index is 11.4. The third-order valence-corrected chi connectivity index (χ3v) is 2.17. The van der Waals surface area contributed by atoms with Crippen molar-refractivity contribution >= 4 is 22.4 Å². The van der Waals surface area contributed by atoms with Gasteiger partial charge in [-0.2, -0.15) is 0 Å². The molecule has 1 amide bonds. The fourth-order valence-corrected chi connectivity index (χ4v) is 1.44. The smallest absolute Gasteiger partial charge is 0.232 e. The first-order valence-electron chi connectivity index (χ1n) is 4.15. The van der Waals surface area contributed by atoms with Crippen molar-refractivity contribution in [2.24, 2.45) is 0 Å². The summed E-state index contributed by atoms with van der Waals surface area (Å²) in [5, 5.41) is 10.4. The fraction of sp³-hybridized carbons (Fsp3) is 0.125. The van der Waals surface area contributed by atoms with Crippen LogP contribution < -0.4 is 5.32 Å². The maximum Gasteiger partial charge on any atom is 0.232 e. The third-order valence-electron chi connectivity index (χ3n) is 1.56. The molecule has 0 saturated heterocycles. The summed E-state index contributed by atoms with van der Waals surface area (Å²) in [7, 11) is 0. The summed E-state index contributed by atoms with van der Waals surface area (Å²) in [5.74, 6) is -0.174. The van der Waals surface area contributed by atoms with Crippen molar-refractivity contribution < 1.29 is 4.79 Å². The lowest BCUT2D eigenvalue weighted by atomic mass is 10.3. The molecular formula is C8H7N5OS. The van der Waals surface area contributed by atoms with Gasteiger partial charge in [0.25, 0.3) is 0 Å². The minimum absolute atomic E-state index is 0.174. The second-order valence-corrected chi connectivity index (χ2v) is 3.50. The van der Waals surface area contributed by atoms with Crippen LogP contribution in [0.4, 0.5) is 5.13 Å². The highest BCUT2D eigenvalue weighted by molar-refractivity contribution is 7.13. The number of carbonyl (C=O) groups is 1. The molecule has 0 spiro atoms. The predicted molar refractivity (Wildman–Crippen MR) is 54.3 cm³/mol. The Morgan fingerprint density at radius 2 is 2.40 bits per heavy atom. The average Bonchev–Trinajstić information content (AvgIpc) is 2.71. The molecule has 2 heterocycles. The molecule has 0 aliphatic rings. The van der Waals surface area contributed by atoms with Crippen molar-refractivity contribution in [3.63, 3.8) is 0 Å². The lowest BCUT2D eigenvalue weighted by Gasteiger charge is -1.99. The van der Waals surface area contributed by atoms with Gasteiger partial charge in [-0.1, -0.05) is 11.3 Å². The van der Waals surface area contributed by atoms with E-state index in [-0.39, 0.29) is 12.3 Å². The summed E-state index contributed by atoms with van der Waals surface area (Å²) in [5.41, 5.74) is 2.18. The second kappa shape index (κ2) is 4.56. The van der Waals surface area contributed by atoms with E-state index in [4.69, 9.17) is 0 Å². The van der Waals surface area contributed by atoms with E-state index in [0.717, 1.165) is 0 Å². The molecule has 1 N–H and O–H groups in total. The number of nitrogens with one attached hydrogen (secondary N) is 1. The number of anilines is 1. The second-order valence-electron chi connectivity index (χ2n) is 2.67. The molecule has 0 aliphatic heterocycles. The zero-order valence-corrected chi connectivity index (χ0v) is 8.44. The quantitative estimate of drug-likeness (QED) is 0.816. The van der Waals surface area contributed by atoms with Crippen molar-refractivity contribution in [3.05, 3.63) is 29.8 Å². The lowest BCUT2D eigenvalue weighted by molar-refractivity contribution is -0.115. The molecule has 0 aliphatic carbocycles. The molecule has 0 unspecified atom stereocenters. The SMILES string of the molecule is O=C(Cc1cnccn1)Nc1nncs1. The Kier molecular flexibility index (Phi) is 2.93. The highest BCUT2D eigenvalue weighted by Crippen LogP contribution is 2.08. The molecule has 0 atom stereocenters. The van der Waals surface area contributed by atoms with Gasteiger partial charge in [-0.3, -0.25) is 14.8 Å². The summed E-state index contributed by atoms with van der Waals surface area (Å²) in [6, 6.07) is 0. The minimum Gasteiger partial charge on any atom is -0.300 e. The summed E-state index contributed by atoms with van der Waals surface area (Å²) >= 11 is 1.27. The van der Waals surface area contributed by atoms with Gasteiger partial charge in [0.15, 0.2) is 0 Å². The van der Waals surface area contributed by atoms with Crippen molar-refractivity contribution in [2.75, 3.05) is 5.32 Å². The molecule has 2 rings (SSSR count). The summed E-state index contributed by atoms with van der Waals surface area (Å²) in [6.45, 7) is 0. The molecule has 0 saturated carbocycles. The van der Waals surface area contributed by atoms with Crippen molar-refractivity contribution in [2.45, 2.75) is 6.42 Å². The first kappa shape index (κ1) is 9.66. The van der Waals surface area contributed by atoms with Crippen molar-refractivity contribution in [3.8, 4) is 0 Å². The molecule has 0 bridgehead atoms. The van der Waals surface area contributed by atoms with Crippen LogP contribution in [0.3, 0.4) is 0 Å². The van der Waals surface area contributed by atoms with Crippen molar-refractivity contribution in [1.82, 2.24) is 20.2 Å². The van der Waals surface area contributed by atoms with Crippen LogP contribution in [-0.2, 0) is 11.2 Å². The molecule has 2 aromatic heterocycles. The number of rotatable bonds is 3. The van der Waals surface area contributed by atoms with E-state index in [0.29, 0.717) is 10.8 Å². The van der Waals surface area contributed by atoms with Crippen molar-refractivity contribution in [1.29, 1.82) is 0 Å². The zero-order chi connectivity index (χ0) is 10.5. The van der Waals surface area contributed by atoms with Gasteiger partial charge < -0.3 is 5.32 Å². The largest absolute Gasteiger partial charge is 0.300 e. The standard InChI is InChI=1S/C8H7N5OS/c14-7(12-8-13-11-5-15-8)3-6-4-9-1-2-10-6/h1-2,4-5H,3H2,(H,12,13,14). The molecule has 7 heteroatoms. The van der Waals surface area contributed by atoms with Gasteiger partial charge in [0.1, 0.15) is 5.51 Å². The van der Waals surface area contributed by atoms with Gasteiger partial charge in [-0.15, -0.1) is 10.2 Å². The Morgan fingerprint density at radius 3 is 3.07 bits per heavy atom. The molecule has 0 radical (unpaired) electrons. The number of hydrogen-bond acceptors (Lipinski definition) is 6. The Labute approximate surface area is 89.4 Å². The summed E-state index contributed by atoms with van der Waals surface area (Å²) in [4.78, 5) is 19.3. The molecule has 0 aromatic carbocycles. The Balaban J connectivity index is 1.94. The predicted octanol–water partition coefficient (Wildman–Crippen LogP) is 0.509. The van der Waals surface area contributed by atoms with E-state index in [2.05, 4.69) is 25.5 Å². The van der Waals surface area contributed by atoms with E-state index >= 15 is 0 Å². The molecule has 2 aromatic rings. The van der Waals surface area contributed by atoms with Crippen LogP contribution in [0.5, 0.6) is 0 Å². The van der Waals surface area contributed by atoms with Gasteiger partial charge >= 0.3 is 0 Å². The summed E-state index contributed by atoms with van der Waals surface area (Å²) in [6.07, 6.45) is 4.85. The van der Waals surface area contributed by atoms with Gasteiger partial charge in [-0.25, -0.2) is 0 Å².